The van der Waals surface area contributed by atoms with Crippen LogP contribution in [0, 0.1) is 5.92 Å². The third-order valence-corrected chi connectivity index (χ3v) is 21.4. The minimum Gasteiger partial charge on any atom is -0.535 e. The summed E-state index contributed by atoms with van der Waals surface area (Å²) in [7, 11) is -5.58. The predicted molar refractivity (Wildman–Crippen MR) is 457 cm³/mol. The smallest absolute Gasteiger partial charge is 0.526 e. The van der Waals surface area contributed by atoms with Crippen molar-refractivity contribution in [2.45, 2.75) is 262 Å². The molecule has 0 saturated heterocycles. The van der Waals surface area contributed by atoms with E-state index in [4.69, 9.17) is 65.3 Å². The van der Waals surface area contributed by atoms with Crippen LogP contribution in [0.15, 0.2) is 117 Å². The molecule has 0 spiro atoms. The number of hydrogen-bond acceptors (Lipinski definition) is 31. The van der Waals surface area contributed by atoms with Crippen molar-refractivity contribution in [3.8, 4) is 23.0 Å². The molecule has 0 amide bonds. The number of para-hydroxylation sites is 4. The van der Waals surface area contributed by atoms with E-state index < -0.39 is 193 Å². The zero-order chi connectivity index (χ0) is 97.5. The lowest BCUT2D eigenvalue weighted by Gasteiger charge is -2.28. The van der Waals surface area contributed by atoms with Gasteiger partial charge in [0.2, 0.25) is 44.1 Å². The van der Waals surface area contributed by atoms with Crippen molar-refractivity contribution in [2.24, 2.45) is 5.92 Å². The normalized spacial score (nSPS) is 16.2. The number of ketones is 4. The van der Waals surface area contributed by atoms with Gasteiger partial charge in [-0.25, -0.2) is 73.5 Å². The molecule has 0 radical (unpaired) electrons. The second-order valence-corrected chi connectivity index (χ2v) is 33.6. The Morgan fingerprint density at radius 2 is 0.729 bits per heavy atom. The third-order valence-electron chi connectivity index (χ3n) is 21.4. The van der Waals surface area contributed by atoms with Crippen molar-refractivity contribution in [1.29, 1.82) is 0 Å². The molecule has 6 aromatic rings. The molecule has 31 nitrogen and oxygen atoms in total. The fourth-order valence-electron chi connectivity index (χ4n) is 14.5. The number of unbranched alkanes of at least 4 members (excludes halogenated alkanes) is 1. The molecular weight excluding hydrogens is 1770 g/mol. The number of carbonyl (C=O) groups is 11. The fraction of sp³-hybridized carbons (Fsp3) is 0.511. The van der Waals surface area contributed by atoms with E-state index in [9.17, 15) is 113 Å². The molecule has 5 heterocycles. The van der Waals surface area contributed by atoms with Gasteiger partial charge in [0.25, 0.3) is 0 Å². The average Bonchev–Trinajstić information content (AvgIpc) is 0.843. The molecule has 43 heteroatoms. The molecule has 1 saturated carbocycles. The maximum atomic E-state index is 13.0. The van der Waals surface area contributed by atoms with Gasteiger partial charge >= 0.3 is 76.5 Å². The minimum absolute atomic E-state index is 0.0138. The van der Waals surface area contributed by atoms with E-state index in [-0.39, 0.29) is 153 Å². The summed E-state index contributed by atoms with van der Waals surface area (Å²) in [6, 6.07) is 27.0. The Labute approximate surface area is 762 Å². The first-order valence-electron chi connectivity index (χ1n) is 43.4. The Kier molecular flexibility index (Phi) is 40.5. The first-order valence-corrected chi connectivity index (χ1v) is 43.4. The molecule has 4 aliphatic heterocycles. The van der Waals surface area contributed by atoms with Gasteiger partial charge < -0.3 is 90.2 Å². The van der Waals surface area contributed by atoms with Crippen molar-refractivity contribution in [2.75, 3.05) is 27.0 Å². The number of hydrogen-bond donors (Lipinski definition) is 4. The van der Waals surface area contributed by atoms with Gasteiger partial charge in [-0.3, -0.25) is 19.2 Å². The molecule has 133 heavy (non-hydrogen) atoms. The molecule has 0 bridgehead atoms. The Balaban J connectivity index is 0.000000218. The van der Waals surface area contributed by atoms with Crippen molar-refractivity contribution in [1.82, 2.24) is 0 Å². The van der Waals surface area contributed by atoms with Crippen LogP contribution in [0.25, 0.3) is 0 Å². The summed E-state index contributed by atoms with van der Waals surface area (Å²) in [4.78, 5) is 145. The summed E-state index contributed by atoms with van der Waals surface area (Å²) in [5, 5.41) is 41.4. The molecule has 1 aliphatic carbocycles. The summed E-state index contributed by atoms with van der Waals surface area (Å²) in [5.74, 6) is -19.6. The van der Waals surface area contributed by atoms with E-state index in [1.54, 1.807) is 78.9 Å². The average molecular weight is 1880 g/mol. The highest BCUT2D eigenvalue weighted by Crippen LogP contribution is 2.43. The van der Waals surface area contributed by atoms with Gasteiger partial charge in [-0.2, -0.15) is 0 Å². The van der Waals surface area contributed by atoms with E-state index in [1.807, 2.05) is 20.8 Å². The van der Waals surface area contributed by atoms with Gasteiger partial charge in [-0.05, 0) is 150 Å². The van der Waals surface area contributed by atoms with Gasteiger partial charge in [-0.15, -0.1) is 0 Å². The predicted octanol–water partition coefficient (Wildman–Crippen LogP) is 16.2. The molecule has 1 fully saturated rings. The Bertz CT molecular complexity index is 5010. The Morgan fingerprint density at radius 1 is 0.406 bits per heavy atom. The van der Waals surface area contributed by atoms with Crippen LogP contribution in [0.3, 0.4) is 0 Å². The van der Waals surface area contributed by atoms with Crippen molar-refractivity contribution < 1.29 is 178 Å². The first kappa shape index (κ1) is 107. The number of rotatable bonds is 39. The lowest BCUT2D eigenvalue weighted by Crippen LogP contribution is -2.36. The molecule has 4 atom stereocenters. The maximum Gasteiger partial charge on any atom is 0.526 e. The van der Waals surface area contributed by atoms with Crippen molar-refractivity contribution in [3.05, 3.63) is 175 Å². The second kappa shape index (κ2) is 50.5. The summed E-state index contributed by atoms with van der Waals surface area (Å²) < 4.78 is 180. The summed E-state index contributed by atoms with van der Waals surface area (Å²) in [6.45, 7) is 6.76. The van der Waals surface area contributed by atoms with Gasteiger partial charge in [0.05, 0.1) is 12.2 Å². The highest BCUT2D eigenvalue weighted by Gasteiger charge is 2.44. The molecule has 1 aromatic heterocycles. The van der Waals surface area contributed by atoms with Gasteiger partial charge in [0, 0.05) is 107 Å². The summed E-state index contributed by atoms with van der Waals surface area (Å²) >= 11 is 0. The van der Waals surface area contributed by atoms with Crippen LogP contribution in [0.2, 0.25) is 23.3 Å². The monoisotopic (exact) mass is 1880 g/mol. The zero-order valence-corrected chi connectivity index (χ0v) is 74.4. The summed E-state index contributed by atoms with van der Waals surface area (Å²) in [6.07, 6.45) is 1.51. The lowest BCUT2D eigenvalue weighted by atomic mass is 9.64. The Hall–Kier alpha value is -11.6. The van der Waals surface area contributed by atoms with Crippen molar-refractivity contribution >= 4 is 93.8 Å². The number of alkyl halides is 8. The van der Waals surface area contributed by atoms with E-state index in [1.165, 1.54) is 24.3 Å². The molecule has 720 valence electrons. The number of halogens is 8. The zero-order valence-electron chi connectivity index (χ0n) is 74.4. The number of esters is 5. The van der Waals surface area contributed by atoms with Gasteiger partial charge in [-0.1, -0.05) is 100 Å². The molecular formula is C90H106B4F8O31. The van der Waals surface area contributed by atoms with Gasteiger partial charge in [0.15, 0.2) is 18.1 Å². The Morgan fingerprint density at radius 3 is 1.07 bits per heavy atom. The van der Waals surface area contributed by atoms with Gasteiger partial charge in [0.1, 0.15) is 74.5 Å². The fourth-order valence-corrected chi connectivity index (χ4v) is 14.5. The quantitative estimate of drug-likeness (QED) is 0.00695. The largest absolute Gasteiger partial charge is 0.535 e. The first-order chi connectivity index (χ1) is 62.8. The van der Waals surface area contributed by atoms with E-state index in [2.05, 4.69) is 4.74 Å². The highest BCUT2D eigenvalue weighted by molar-refractivity contribution is 6.48. The molecule has 0 unspecified atom stereocenters. The number of benzene rings is 5. The number of ether oxygens (including phenoxy) is 9. The van der Waals surface area contributed by atoms with Crippen LogP contribution < -0.4 is 24.4 Å². The van der Waals surface area contributed by atoms with Crippen LogP contribution in [0.5, 0.6) is 23.0 Å². The van der Waals surface area contributed by atoms with Crippen LogP contribution in [-0.4, -0.2) is 171 Å². The second-order valence-electron chi connectivity index (χ2n) is 33.6. The molecule has 5 aromatic carbocycles. The van der Waals surface area contributed by atoms with E-state index >= 15 is 0 Å². The van der Waals surface area contributed by atoms with Crippen LogP contribution in [-0.2, 0) is 101 Å². The molecule has 4 N–H and O–H groups in total. The van der Waals surface area contributed by atoms with Crippen LogP contribution in [0.1, 0.15) is 256 Å². The SMILES string of the molecule is CC(C)Cc1oc(=O)oc1COC(=O)c1cccc2c1OB(O)[C@@H](CC(=O)CCC(C)(F)F)C2.CC(F)(F)CCC(=O)C[C@H]1Cc2cccc(C(=O)OCOC(=O)OC3CCCCC3)c2OB1O.CC(F)(F)CCC(=O)C[C@H]1Cc2cccc(C(=O)OCOC(=O)c3ccccc3)c2OB1O.CCCCOC(=O)OCOC(=O)c1cccc2c1OB(O)[C@@H](CC(=O)CCC(C)(F)F)C2. The molecule has 11 rings (SSSR count). The maximum absolute atomic E-state index is 13.0. The van der Waals surface area contributed by atoms with Crippen molar-refractivity contribution in [3.63, 3.8) is 0 Å². The highest BCUT2D eigenvalue weighted by atomic mass is 19.3. The van der Waals surface area contributed by atoms with Crippen LogP contribution >= 0.6 is 0 Å². The minimum atomic E-state index is -2.94. The topological polar surface area (TPSA) is 432 Å². The lowest BCUT2D eigenvalue weighted by molar-refractivity contribution is -0.121. The summed E-state index contributed by atoms with van der Waals surface area (Å²) in [5.41, 5.74) is 2.69. The third kappa shape index (κ3) is 36.1. The number of fused-ring (bicyclic) bond motifs is 4. The van der Waals surface area contributed by atoms with E-state index in [0.717, 1.165) is 66.2 Å². The standard InChI is InChI=1S/C23H27BF2O8.C23H29BF2O8.C23H23BF2O7.C21H27BF2O8/c1-13(2)9-18-19(33-22(29)32-18)12-31-21(28)17-6-4-5-14-10-15(24(30)34-20(14)17)11-16(27)7-8-23(3,25)26;1-23(25,26)11-10-17(27)13-16-12-15-6-5-9-19(20(15)34-24(16)30)21(28)31-14-32-22(29)33-18-7-3-2-4-8-18;1-23(25,26)11-10-18(27)13-17-12-16-8-5-9-19(20(16)33-24(17)30)22(29)32-14-31-21(28)15-6-3-2-4-7-15;1-3-4-10-29-20(27)31-13-30-19(26)17-7-5-6-14-11-15(22(28)32-18(14)17)12-16(25)8-9-21(2,23)24/h4-6,13,15,30H,7-12H2,1-3H3;5-6,9,16,18,30H,2-4,7-8,10-14H2,1H3;2-9,17,30H,10-14H2,1H3;5-7,15,28H,3-4,8-13H2,1-2H3/t15-;16-;17-;15-/m1111/s1. The number of carbonyl (C=O) groups excluding carboxylic acids is 11. The molecule has 5 aliphatic rings. The van der Waals surface area contributed by atoms with E-state index in [0.29, 0.717) is 46.4 Å². The van der Waals surface area contributed by atoms with Crippen LogP contribution in [0.4, 0.5) is 44.7 Å². The number of Topliss-reactive ketones (excluding diaryl/α,β-unsaturated/α-hetero) is 4.